The molecule has 0 unspecified atom stereocenters. The van der Waals surface area contributed by atoms with Crippen molar-refractivity contribution in [2.45, 2.75) is 0 Å². The summed E-state index contributed by atoms with van der Waals surface area (Å²) in [6, 6.07) is 7.22. The van der Waals surface area contributed by atoms with E-state index >= 15 is 0 Å². The van der Waals surface area contributed by atoms with Gasteiger partial charge in [0.05, 0.1) is 16.1 Å². The van der Waals surface area contributed by atoms with Crippen molar-refractivity contribution in [1.82, 2.24) is 4.98 Å². The maximum absolute atomic E-state index is 10.8. The lowest BCUT2D eigenvalue weighted by Gasteiger charge is -2.06. The first-order valence-electron chi connectivity index (χ1n) is 4.83. The van der Waals surface area contributed by atoms with E-state index in [4.69, 9.17) is 16.3 Å². The highest BCUT2D eigenvalue weighted by Gasteiger charge is 2.19. The first-order chi connectivity index (χ1) is 8.58. The van der Waals surface area contributed by atoms with E-state index in [0.717, 1.165) is 6.07 Å². The van der Waals surface area contributed by atoms with Gasteiger partial charge in [0.2, 0.25) is 0 Å². The number of rotatable bonds is 3. The van der Waals surface area contributed by atoms with E-state index in [1.807, 2.05) is 0 Å². The number of phenols is 1. The van der Waals surface area contributed by atoms with Crippen molar-refractivity contribution in [3.63, 3.8) is 0 Å². The molecule has 1 heterocycles. The number of pyridine rings is 1. The summed E-state index contributed by atoms with van der Waals surface area (Å²) in [4.78, 5) is 13.9. The van der Waals surface area contributed by atoms with Gasteiger partial charge < -0.3 is 9.84 Å². The summed E-state index contributed by atoms with van der Waals surface area (Å²) in [5.41, 5.74) is -0.370. The van der Waals surface area contributed by atoms with E-state index in [-0.39, 0.29) is 28.1 Å². The van der Waals surface area contributed by atoms with Gasteiger partial charge in [-0.3, -0.25) is 10.1 Å². The highest BCUT2D eigenvalue weighted by Crippen LogP contribution is 2.34. The number of benzene rings is 1. The smallest absolute Gasteiger partial charge is 0.332 e. The Morgan fingerprint density at radius 3 is 2.78 bits per heavy atom. The van der Waals surface area contributed by atoms with Crippen LogP contribution >= 0.6 is 11.6 Å². The van der Waals surface area contributed by atoms with Crippen LogP contribution < -0.4 is 4.74 Å². The van der Waals surface area contributed by atoms with Gasteiger partial charge in [0.25, 0.3) is 5.88 Å². The van der Waals surface area contributed by atoms with Crippen LogP contribution in [0, 0.1) is 10.1 Å². The van der Waals surface area contributed by atoms with Crippen LogP contribution in [0.2, 0.25) is 5.02 Å². The number of ether oxygens (including phenoxy) is 1. The molecule has 0 radical (unpaired) electrons. The molecule has 0 aliphatic carbocycles. The zero-order chi connectivity index (χ0) is 13.1. The van der Waals surface area contributed by atoms with Gasteiger partial charge in [0.1, 0.15) is 0 Å². The summed E-state index contributed by atoms with van der Waals surface area (Å²) in [5, 5.41) is 20.5. The average molecular weight is 267 g/mol. The van der Waals surface area contributed by atoms with Crippen LogP contribution in [-0.4, -0.2) is 15.0 Å². The number of hydrogen-bond acceptors (Lipinski definition) is 5. The number of aromatic nitrogens is 1. The van der Waals surface area contributed by atoms with E-state index in [2.05, 4.69) is 4.98 Å². The van der Waals surface area contributed by atoms with Crippen LogP contribution in [0.5, 0.6) is 17.4 Å². The van der Waals surface area contributed by atoms with Crippen molar-refractivity contribution in [2.75, 3.05) is 0 Å². The molecule has 0 spiro atoms. The molecule has 0 aliphatic heterocycles. The Morgan fingerprint density at radius 2 is 2.11 bits per heavy atom. The minimum Gasteiger partial charge on any atom is -0.504 e. The van der Waals surface area contributed by atoms with Gasteiger partial charge in [-0.1, -0.05) is 23.7 Å². The molecule has 1 aromatic carbocycles. The molecule has 92 valence electrons. The van der Waals surface area contributed by atoms with Crippen molar-refractivity contribution in [2.24, 2.45) is 0 Å². The minimum absolute atomic E-state index is 0.0791. The molecule has 0 amide bonds. The standard InChI is InChI=1S/C11H7ClN2O4/c12-7-5-8(14(16)17)11(13-6-7)18-10-4-2-1-3-9(10)15/h1-6,15H. The highest BCUT2D eigenvalue weighted by atomic mass is 35.5. The summed E-state index contributed by atoms with van der Waals surface area (Å²) in [7, 11) is 0. The molecule has 0 fully saturated rings. The predicted octanol–water partition coefficient (Wildman–Crippen LogP) is 3.14. The van der Waals surface area contributed by atoms with Gasteiger partial charge in [-0.25, -0.2) is 4.98 Å². The fourth-order valence-corrected chi connectivity index (χ4v) is 1.43. The van der Waals surface area contributed by atoms with E-state index < -0.39 is 4.92 Å². The molecule has 1 N–H and O–H groups in total. The molecule has 18 heavy (non-hydrogen) atoms. The lowest BCUT2D eigenvalue weighted by molar-refractivity contribution is -0.386. The third-order valence-electron chi connectivity index (χ3n) is 2.07. The monoisotopic (exact) mass is 266 g/mol. The fourth-order valence-electron chi connectivity index (χ4n) is 1.27. The molecule has 2 rings (SSSR count). The second-order valence-electron chi connectivity index (χ2n) is 3.30. The Morgan fingerprint density at radius 1 is 1.39 bits per heavy atom. The van der Waals surface area contributed by atoms with Crippen molar-refractivity contribution in [1.29, 1.82) is 0 Å². The van der Waals surface area contributed by atoms with Gasteiger partial charge in [0.15, 0.2) is 11.5 Å². The number of para-hydroxylation sites is 2. The highest BCUT2D eigenvalue weighted by molar-refractivity contribution is 6.30. The largest absolute Gasteiger partial charge is 0.504 e. The number of aromatic hydroxyl groups is 1. The van der Waals surface area contributed by atoms with Crippen LogP contribution in [0.1, 0.15) is 0 Å². The predicted molar refractivity (Wildman–Crippen MR) is 64.1 cm³/mol. The SMILES string of the molecule is O=[N+]([O-])c1cc(Cl)cnc1Oc1ccccc1O. The average Bonchev–Trinajstić information content (AvgIpc) is 2.34. The van der Waals surface area contributed by atoms with Gasteiger partial charge in [-0.05, 0) is 12.1 Å². The molecule has 6 nitrogen and oxygen atoms in total. The Kier molecular flexibility index (Phi) is 3.29. The van der Waals surface area contributed by atoms with Crippen LogP contribution in [0.3, 0.4) is 0 Å². The summed E-state index contributed by atoms with van der Waals surface area (Å²) >= 11 is 5.62. The molecule has 0 atom stereocenters. The molecular formula is C11H7ClN2O4. The second-order valence-corrected chi connectivity index (χ2v) is 3.74. The number of nitro groups is 1. The Hall–Kier alpha value is -2.34. The Labute approximate surface area is 107 Å². The van der Waals surface area contributed by atoms with Gasteiger partial charge in [-0.15, -0.1) is 0 Å². The molecular weight excluding hydrogens is 260 g/mol. The summed E-state index contributed by atoms with van der Waals surface area (Å²) in [5.74, 6) is -0.287. The third-order valence-corrected chi connectivity index (χ3v) is 2.27. The quantitative estimate of drug-likeness (QED) is 0.681. The number of nitrogens with zero attached hydrogens (tertiary/aromatic N) is 2. The first-order valence-corrected chi connectivity index (χ1v) is 5.21. The number of phenolic OH excluding ortho intramolecular Hbond substituents is 1. The zero-order valence-electron chi connectivity index (χ0n) is 8.91. The molecule has 0 aliphatic rings. The van der Waals surface area contributed by atoms with E-state index in [9.17, 15) is 15.2 Å². The van der Waals surface area contributed by atoms with Gasteiger partial charge in [0, 0.05) is 6.07 Å². The lowest BCUT2D eigenvalue weighted by Crippen LogP contribution is -1.96. The normalized spacial score (nSPS) is 10.1. The van der Waals surface area contributed by atoms with Crippen LogP contribution in [0.15, 0.2) is 36.5 Å². The molecule has 7 heteroatoms. The van der Waals surface area contributed by atoms with Crippen LogP contribution in [0.25, 0.3) is 0 Å². The van der Waals surface area contributed by atoms with Crippen molar-refractivity contribution < 1.29 is 14.8 Å². The molecule has 0 saturated carbocycles. The molecule has 0 bridgehead atoms. The van der Waals surface area contributed by atoms with Crippen molar-refractivity contribution in [3.05, 3.63) is 51.7 Å². The topological polar surface area (TPSA) is 85.5 Å². The first kappa shape index (κ1) is 12.1. The van der Waals surface area contributed by atoms with E-state index in [1.54, 1.807) is 12.1 Å². The Bertz CT molecular complexity index is 603. The maximum Gasteiger partial charge on any atom is 0.332 e. The third kappa shape index (κ3) is 2.49. The second kappa shape index (κ2) is 4.89. The van der Waals surface area contributed by atoms with Crippen LogP contribution in [-0.2, 0) is 0 Å². The number of halogens is 1. The minimum atomic E-state index is -0.659. The fraction of sp³-hybridized carbons (Fsp3) is 0. The summed E-state index contributed by atoms with van der Waals surface area (Å²) in [6.07, 6.45) is 1.23. The lowest BCUT2D eigenvalue weighted by atomic mass is 10.3. The van der Waals surface area contributed by atoms with Gasteiger partial charge >= 0.3 is 5.69 Å². The van der Waals surface area contributed by atoms with Crippen LogP contribution in [0.4, 0.5) is 5.69 Å². The Balaban J connectivity index is 2.41. The molecule has 0 saturated heterocycles. The summed E-state index contributed by atoms with van der Waals surface area (Å²) in [6.45, 7) is 0. The van der Waals surface area contributed by atoms with E-state index in [1.165, 1.54) is 18.3 Å². The molecule has 1 aromatic heterocycles. The van der Waals surface area contributed by atoms with Crippen molar-refractivity contribution >= 4 is 17.3 Å². The maximum atomic E-state index is 10.8. The van der Waals surface area contributed by atoms with E-state index in [0.29, 0.717) is 0 Å². The summed E-state index contributed by atoms with van der Waals surface area (Å²) < 4.78 is 5.20. The number of hydrogen-bond donors (Lipinski definition) is 1. The zero-order valence-corrected chi connectivity index (χ0v) is 9.66. The van der Waals surface area contributed by atoms with Gasteiger partial charge in [-0.2, -0.15) is 0 Å². The van der Waals surface area contributed by atoms with Crippen molar-refractivity contribution in [3.8, 4) is 17.4 Å². The molecule has 2 aromatic rings.